The molecular weight excluding hydrogens is 323 g/mol. The quantitative estimate of drug-likeness (QED) is 0.769. The van der Waals surface area contributed by atoms with Crippen LogP contribution in [0.3, 0.4) is 0 Å². The average molecular weight is 346 g/mol. The number of nitrogens with zero attached hydrogens (tertiary/aromatic N) is 2. The van der Waals surface area contributed by atoms with Crippen molar-refractivity contribution in [3.05, 3.63) is 29.6 Å². The summed E-state index contributed by atoms with van der Waals surface area (Å²) in [5.74, 6) is -0.702. The van der Waals surface area contributed by atoms with Gasteiger partial charge in [-0.2, -0.15) is 0 Å². The number of amides is 1. The molecule has 1 atom stereocenters. The van der Waals surface area contributed by atoms with Crippen LogP contribution in [-0.4, -0.2) is 49.1 Å². The number of hydrogen-bond acceptors (Lipinski definition) is 4. The van der Waals surface area contributed by atoms with Gasteiger partial charge < -0.3 is 14.5 Å². The summed E-state index contributed by atoms with van der Waals surface area (Å²) in [5.41, 5.74) is 0.777. The molecule has 0 unspecified atom stereocenters. The smallest absolute Gasteiger partial charge is 0.338 e. The Bertz CT molecular complexity index is 683. The van der Waals surface area contributed by atoms with Crippen LogP contribution in [0.4, 0.5) is 10.1 Å². The Morgan fingerprint density at radius 2 is 2.00 bits per heavy atom. The summed E-state index contributed by atoms with van der Waals surface area (Å²) in [7, 11) is 0. The topological polar surface area (TPSA) is 49.9 Å². The molecule has 0 N–H and O–H groups in total. The van der Waals surface area contributed by atoms with E-state index in [4.69, 9.17) is 4.74 Å². The predicted molar refractivity (Wildman–Crippen MR) is 91.0 cm³/mol. The van der Waals surface area contributed by atoms with Crippen LogP contribution in [0.5, 0.6) is 0 Å². The van der Waals surface area contributed by atoms with E-state index in [-0.39, 0.29) is 29.8 Å². The molecule has 1 aromatic carbocycles. The zero-order chi connectivity index (χ0) is 17.4. The largest absolute Gasteiger partial charge is 0.462 e. The van der Waals surface area contributed by atoms with Crippen molar-refractivity contribution < 1.29 is 18.7 Å². The highest BCUT2D eigenvalue weighted by Crippen LogP contribution is 2.32. The Hall–Kier alpha value is -2.11. The Kier molecular flexibility index (Phi) is 4.36. The Morgan fingerprint density at radius 1 is 1.24 bits per heavy atom. The summed E-state index contributed by atoms with van der Waals surface area (Å²) >= 11 is 0. The van der Waals surface area contributed by atoms with Gasteiger partial charge in [-0.3, -0.25) is 4.79 Å². The molecule has 0 radical (unpaired) electrons. The Balaban J connectivity index is 1.33. The number of benzene rings is 1. The Morgan fingerprint density at radius 3 is 2.68 bits per heavy atom. The fraction of sp³-hybridized carbons (Fsp3) is 0.579. The highest BCUT2D eigenvalue weighted by atomic mass is 19.1. The number of ether oxygens (including phenoxy) is 1. The first-order chi connectivity index (χ1) is 12.1. The third-order valence-corrected chi connectivity index (χ3v) is 5.31. The highest BCUT2D eigenvalue weighted by Gasteiger charge is 2.39. The van der Waals surface area contributed by atoms with E-state index in [0.717, 1.165) is 38.8 Å². The molecule has 25 heavy (non-hydrogen) atoms. The number of hydrogen-bond donors (Lipinski definition) is 0. The maximum absolute atomic E-state index is 14.3. The van der Waals surface area contributed by atoms with Gasteiger partial charge in [0.25, 0.3) is 0 Å². The minimum Gasteiger partial charge on any atom is -0.462 e. The molecule has 134 valence electrons. The molecule has 0 bridgehead atoms. The lowest BCUT2D eigenvalue weighted by Gasteiger charge is -2.18. The lowest BCUT2D eigenvalue weighted by atomic mass is 10.1. The maximum Gasteiger partial charge on any atom is 0.338 e. The van der Waals surface area contributed by atoms with Crippen LogP contribution in [-0.2, 0) is 9.53 Å². The van der Waals surface area contributed by atoms with Crippen LogP contribution in [0, 0.1) is 11.7 Å². The summed E-state index contributed by atoms with van der Waals surface area (Å²) in [6, 6.07) is 4.94. The maximum atomic E-state index is 14.3. The van der Waals surface area contributed by atoms with Crippen LogP contribution in [0.25, 0.3) is 0 Å². The first kappa shape index (κ1) is 16.4. The molecule has 3 fully saturated rings. The second-order valence-corrected chi connectivity index (χ2v) is 7.31. The van der Waals surface area contributed by atoms with Gasteiger partial charge in [0.2, 0.25) is 5.91 Å². The minimum atomic E-state index is -0.524. The van der Waals surface area contributed by atoms with Crippen molar-refractivity contribution in [2.75, 3.05) is 31.1 Å². The molecule has 1 aromatic rings. The lowest BCUT2D eigenvalue weighted by molar-refractivity contribution is -0.128. The van der Waals surface area contributed by atoms with Crippen molar-refractivity contribution in [2.45, 2.75) is 38.1 Å². The number of carbonyl (C=O) groups excluding carboxylic acids is 2. The first-order valence-electron chi connectivity index (χ1n) is 9.13. The molecule has 2 heterocycles. The van der Waals surface area contributed by atoms with Crippen LogP contribution in [0.15, 0.2) is 18.2 Å². The summed E-state index contributed by atoms with van der Waals surface area (Å²) in [4.78, 5) is 28.0. The van der Waals surface area contributed by atoms with Crippen LogP contribution in [0.1, 0.15) is 42.5 Å². The molecule has 3 aliphatic rings. The van der Waals surface area contributed by atoms with Gasteiger partial charge in [0, 0.05) is 38.0 Å². The van der Waals surface area contributed by atoms with E-state index in [1.54, 1.807) is 12.1 Å². The van der Waals surface area contributed by atoms with E-state index < -0.39 is 5.97 Å². The number of carbonyl (C=O) groups is 2. The molecule has 2 saturated heterocycles. The first-order valence-corrected chi connectivity index (χ1v) is 9.13. The zero-order valence-electron chi connectivity index (χ0n) is 14.2. The van der Waals surface area contributed by atoms with Gasteiger partial charge in [-0.05, 0) is 43.9 Å². The molecular formula is C19H23FN2O3. The molecule has 5 nitrogen and oxygen atoms in total. The fourth-order valence-electron chi connectivity index (χ4n) is 3.78. The van der Waals surface area contributed by atoms with E-state index in [2.05, 4.69) is 0 Å². The molecule has 1 aliphatic carbocycles. The van der Waals surface area contributed by atoms with Crippen LogP contribution in [0.2, 0.25) is 0 Å². The zero-order valence-corrected chi connectivity index (χ0v) is 14.2. The SMILES string of the molecule is O=C(OC[C@H]1CC(=O)N(C2CC2)C1)c1ccc(N2CCCC2)c(F)c1. The number of likely N-dealkylation sites (tertiary alicyclic amines) is 1. The summed E-state index contributed by atoms with van der Waals surface area (Å²) in [5, 5.41) is 0. The average Bonchev–Trinajstić information content (AvgIpc) is 3.15. The lowest BCUT2D eigenvalue weighted by Crippen LogP contribution is -2.28. The number of esters is 1. The van der Waals surface area contributed by atoms with E-state index in [9.17, 15) is 14.0 Å². The highest BCUT2D eigenvalue weighted by molar-refractivity contribution is 5.90. The molecule has 1 saturated carbocycles. The van der Waals surface area contributed by atoms with E-state index in [1.165, 1.54) is 6.07 Å². The van der Waals surface area contributed by atoms with Crippen LogP contribution >= 0.6 is 0 Å². The number of halogens is 1. The predicted octanol–water partition coefficient (Wildman–Crippen LogP) is 2.59. The van der Waals surface area contributed by atoms with E-state index >= 15 is 0 Å². The third-order valence-electron chi connectivity index (χ3n) is 5.31. The van der Waals surface area contributed by atoms with Crippen molar-refractivity contribution in [3.8, 4) is 0 Å². The summed E-state index contributed by atoms with van der Waals surface area (Å²) in [6.45, 7) is 2.59. The Labute approximate surface area is 146 Å². The minimum absolute atomic E-state index is 0.0470. The normalized spacial score (nSPS) is 23.4. The van der Waals surface area contributed by atoms with Crippen molar-refractivity contribution in [1.29, 1.82) is 0 Å². The summed E-state index contributed by atoms with van der Waals surface area (Å²) in [6.07, 6.45) is 4.75. The third kappa shape index (κ3) is 3.48. The van der Waals surface area contributed by atoms with Crippen molar-refractivity contribution in [2.24, 2.45) is 5.92 Å². The monoisotopic (exact) mass is 346 g/mol. The van der Waals surface area contributed by atoms with Gasteiger partial charge in [0.15, 0.2) is 0 Å². The fourth-order valence-corrected chi connectivity index (χ4v) is 3.78. The van der Waals surface area contributed by atoms with E-state index in [1.807, 2.05) is 9.80 Å². The standard InChI is InChI=1S/C19H23FN2O3/c20-16-10-14(3-6-17(16)21-7-1-2-8-21)19(24)25-12-13-9-18(23)22(11-13)15-4-5-15/h3,6,10,13,15H,1-2,4-5,7-9,11-12H2/t13-/m0/s1. The van der Waals surface area contributed by atoms with Gasteiger partial charge >= 0.3 is 5.97 Å². The second kappa shape index (κ2) is 6.65. The number of rotatable bonds is 5. The molecule has 4 rings (SSSR count). The molecule has 6 heteroatoms. The van der Waals surface area contributed by atoms with E-state index in [0.29, 0.717) is 24.7 Å². The van der Waals surface area contributed by atoms with Gasteiger partial charge in [0.1, 0.15) is 5.82 Å². The van der Waals surface area contributed by atoms with Crippen molar-refractivity contribution >= 4 is 17.6 Å². The number of anilines is 1. The summed E-state index contributed by atoms with van der Waals surface area (Å²) < 4.78 is 19.6. The molecule has 0 aromatic heterocycles. The second-order valence-electron chi connectivity index (χ2n) is 7.31. The molecule has 2 aliphatic heterocycles. The van der Waals surface area contributed by atoms with Gasteiger partial charge in [-0.25, -0.2) is 9.18 Å². The van der Waals surface area contributed by atoms with Crippen molar-refractivity contribution in [3.63, 3.8) is 0 Å². The van der Waals surface area contributed by atoms with Gasteiger partial charge in [-0.1, -0.05) is 0 Å². The van der Waals surface area contributed by atoms with Crippen LogP contribution < -0.4 is 4.90 Å². The molecule has 1 amide bonds. The molecule has 0 spiro atoms. The van der Waals surface area contributed by atoms with Crippen molar-refractivity contribution in [1.82, 2.24) is 4.90 Å². The van der Waals surface area contributed by atoms with Gasteiger partial charge in [-0.15, -0.1) is 0 Å². The van der Waals surface area contributed by atoms with Gasteiger partial charge in [0.05, 0.1) is 17.9 Å².